The monoisotopic (exact) mass is 288 g/mol. The Morgan fingerprint density at radius 1 is 1.24 bits per heavy atom. The first-order valence-corrected chi connectivity index (χ1v) is 7.17. The van der Waals surface area contributed by atoms with Crippen LogP contribution in [0.2, 0.25) is 0 Å². The van der Waals surface area contributed by atoms with Gasteiger partial charge in [-0.25, -0.2) is 0 Å². The number of rotatable bonds is 3. The minimum absolute atomic E-state index is 0.00625. The van der Waals surface area contributed by atoms with E-state index in [4.69, 9.17) is 0 Å². The van der Waals surface area contributed by atoms with Gasteiger partial charge in [-0.2, -0.15) is 0 Å². The zero-order valence-corrected chi connectivity index (χ0v) is 12.4. The highest BCUT2D eigenvalue weighted by molar-refractivity contribution is 5.91. The number of nitro benzene ring substituents is 1. The molecule has 0 radical (unpaired) electrons. The Balaban J connectivity index is 1.99. The standard InChI is InChI=1S/C16H20N2O3/c1-12-9-13(2)11-17(10-12)16(19)8-5-14-3-6-15(7-4-14)18(20)21/h3-8,12-13H,9-11H2,1-2H3/b8-5+/t12-,13-/m1/s1. The maximum Gasteiger partial charge on any atom is 0.269 e. The lowest BCUT2D eigenvalue weighted by Crippen LogP contribution is -2.41. The van der Waals surface area contributed by atoms with Gasteiger partial charge in [0.15, 0.2) is 0 Å². The van der Waals surface area contributed by atoms with Crippen LogP contribution in [0.3, 0.4) is 0 Å². The molecule has 21 heavy (non-hydrogen) atoms. The summed E-state index contributed by atoms with van der Waals surface area (Å²) in [5.41, 5.74) is 0.837. The minimum atomic E-state index is -0.435. The zero-order chi connectivity index (χ0) is 15.4. The largest absolute Gasteiger partial charge is 0.339 e. The van der Waals surface area contributed by atoms with E-state index in [0.717, 1.165) is 25.1 Å². The fraction of sp³-hybridized carbons (Fsp3) is 0.438. The van der Waals surface area contributed by atoms with E-state index < -0.39 is 4.92 Å². The van der Waals surface area contributed by atoms with Crippen LogP contribution in [0.1, 0.15) is 25.8 Å². The maximum atomic E-state index is 12.2. The summed E-state index contributed by atoms with van der Waals surface area (Å²) in [6.45, 7) is 5.92. The third kappa shape index (κ3) is 4.15. The molecule has 0 N–H and O–H groups in total. The Hall–Kier alpha value is -2.17. The summed E-state index contributed by atoms with van der Waals surface area (Å²) < 4.78 is 0. The molecule has 2 rings (SSSR count). The van der Waals surface area contributed by atoms with E-state index in [1.807, 2.05) is 4.90 Å². The van der Waals surface area contributed by atoms with Crippen LogP contribution in [0, 0.1) is 22.0 Å². The van der Waals surface area contributed by atoms with E-state index in [-0.39, 0.29) is 11.6 Å². The Morgan fingerprint density at radius 3 is 2.33 bits per heavy atom. The number of non-ortho nitro benzene ring substituents is 1. The van der Waals surface area contributed by atoms with Crippen LogP contribution in [0.5, 0.6) is 0 Å². The minimum Gasteiger partial charge on any atom is -0.339 e. The summed E-state index contributed by atoms with van der Waals surface area (Å²) in [6, 6.07) is 6.16. The Kier molecular flexibility index (Phi) is 4.73. The fourth-order valence-electron chi connectivity index (χ4n) is 2.82. The molecule has 5 heteroatoms. The van der Waals surface area contributed by atoms with Crippen LogP contribution >= 0.6 is 0 Å². The van der Waals surface area contributed by atoms with E-state index in [1.54, 1.807) is 24.3 Å². The lowest BCUT2D eigenvalue weighted by atomic mass is 9.92. The third-order valence-electron chi connectivity index (χ3n) is 3.70. The lowest BCUT2D eigenvalue weighted by molar-refractivity contribution is -0.384. The van der Waals surface area contributed by atoms with Crippen LogP contribution in [0.4, 0.5) is 5.69 Å². The van der Waals surface area contributed by atoms with E-state index in [0.29, 0.717) is 11.8 Å². The van der Waals surface area contributed by atoms with Crippen molar-refractivity contribution in [2.45, 2.75) is 20.3 Å². The van der Waals surface area contributed by atoms with Crippen molar-refractivity contribution < 1.29 is 9.72 Å². The van der Waals surface area contributed by atoms with Gasteiger partial charge in [0.25, 0.3) is 5.69 Å². The molecule has 1 fully saturated rings. The Morgan fingerprint density at radius 2 is 1.81 bits per heavy atom. The highest BCUT2D eigenvalue weighted by Gasteiger charge is 2.23. The number of benzene rings is 1. The molecule has 1 heterocycles. The van der Waals surface area contributed by atoms with Gasteiger partial charge in [0.1, 0.15) is 0 Å². The second-order valence-electron chi connectivity index (χ2n) is 5.87. The number of carbonyl (C=O) groups excluding carboxylic acids is 1. The fourth-order valence-corrected chi connectivity index (χ4v) is 2.82. The molecule has 5 nitrogen and oxygen atoms in total. The molecule has 0 unspecified atom stereocenters. The number of hydrogen-bond acceptors (Lipinski definition) is 3. The zero-order valence-electron chi connectivity index (χ0n) is 12.4. The predicted octanol–water partition coefficient (Wildman–Crippen LogP) is 3.11. The van der Waals surface area contributed by atoms with Crippen molar-refractivity contribution in [3.05, 3.63) is 46.0 Å². The van der Waals surface area contributed by atoms with Crippen molar-refractivity contribution in [1.82, 2.24) is 4.90 Å². The number of hydrogen-bond donors (Lipinski definition) is 0. The first kappa shape index (κ1) is 15.2. The number of piperidine rings is 1. The average molecular weight is 288 g/mol. The molecule has 0 aliphatic carbocycles. The molecule has 0 spiro atoms. The van der Waals surface area contributed by atoms with E-state index in [2.05, 4.69) is 13.8 Å². The van der Waals surface area contributed by atoms with Crippen LogP contribution < -0.4 is 0 Å². The van der Waals surface area contributed by atoms with Crippen molar-refractivity contribution in [1.29, 1.82) is 0 Å². The highest BCUT2D eigenvalue weighted by Crippen LogP contribution is 2.21. The van der Waals surface area contributed by atoms with Crippen molar-refractivity contribution in [3.8, 4) is 0 Å². The second-order valence-corrected chi connectivity index (χ2v) is 5.87. The molecular formula is C16H20N2O3. The van der Waals surface area contributed by atoms with E-state index >= 15 is 0 Å². The smallest absolute Gasteiger partial charge is 0.269 e. The first-order valence-electron chi connectivity index (χ1n) is 7.17. The van der Waals surface area contributed by atoms with Gasteiger partial charge in [0.2, 0.25) is 5.91 Å². The van der Waals surface area contributed by atoms with Gasteiger partial charge in [-0.05, 0) is 42.0 Å². The maximum absolute atomic E-state index is 12.2. The summed E-state index contributed by atoms with van der Waals surface area (Å²) in [6.07, 6.45) is 4.41. The van der Waals surface area contributed by atoms with Gasteiger partial charge in [-0.15, -0.1) is 0 Å². The highest BCUT2D eigenvalue weighted by atomic mass is 16.6. The van der Waals surface area contributed by atoms with E-state index in [1.165, 1.54) is 12.1 Å². The van der Waals surface area contributed by atoms with Crippen molar-refractivity contribution >= 4 is 17.7 Å². The number of likely N-dealkylation sites (tertiary alicyclic amines) is 1. The van der Waals surface area contributed by atoms with Gasteiger partial charge in [0.05, 0.1) is 4.92 Å². The SMILES string of the molecule is C[C@@H]1C[C@@H](C)CN(C(=O)/C=C/c2ccc([N+](=O)[O-])cc2)C1. The molecule has 1 aromatic carbocycles. The number of amides is 1. The average Bonchev–Trinajstić information content (AvgIpc) is 2.44. The van der Waals surface area contributed by atoms with Gasteiger partial charge in [0, 0.05) is 31.3 Å². The van der Waals surface area contributed by atoms with Crippen molar-refractivity contribution in [2.75, 3.05) is 13.1 Å². The molecule has 1 amide bonds. The molecule has 0 bridgehead atoms. The third-order valence-corrected chi connectivity index (χ3v) is 3.70. The van der Waals surface area contributed by atoms with Crippen molar-refractivity contribution in [3.63, 3.8) is 0 Å². The summed E-state index contributed by atoms with van der Waals surface area (Å²) >= 11 is 0. The summed E-state index contributed by atoms with van der Waals surface area (Å²) in [5.74, 6) is 1.07. The van der Waals surface area contributed by atoms with Crippen LogP contribution in [-0.4, -0.2) is 28.8 Å². The number of nitro groups is 1. The molecule has 0 aromatic heterocycles. The summed E-state index contributed by atoms with van der Waals surface area (Å²) in [7, 11) is 0. The van der Waals surface area contributed by atoms with Crippen LogP contribution in [-0.2, 0) is 4.79 Å². The van der Waals surface area contributed by atoms with Gasteiger partial charge in [-0.1, -0.05) is 13.8 Å². The first-order chi connectivity index (χ1) is 9.95. The molecule has 1 aromatic rings. The Labute approximate surface area is 124 Å². The van der Waals surface area contributed by atoms with Crippen molar-refractivity contribution in [2.24, 2.45) is 11.8 Å². The van der Waals surface area contributed by atoms with Gasteiger partial charge in [-0.3, -0.25) is 14.9 Å². The molecule has 1 aliphatic rings. The quantitative estimate of drug-likeness (QED) is 0.487. The molecule has 2 atom stereocenters. The van der Waals surface area contributed by atoms with Gasteiger partial charge >= 0.3 is 0 Å². The molecule has 112 valence electrons. The second kappa shape index (κ2) is 6.52. The van der Waals surface area contributed by atoms with E-state index in [9.17, 15) is 14.9 Å². The molecule has 1 saturated heterocycles. The summed E-state index contributed by atoms with van der Waals surface area (Å²) in [5, 5.41) is 10.6. The van der Waals surface area contributed by atoms with Crippen LogP contribution in [0.15, 0.2) is 30.3 Å². The molecule has 1 aliphatic heterocycles. The normalized spacial score (nSPS) is 22.5. The molecular weight excluding hydrogens is 268 g/mol. The number of carbonyl (C=O) groups is 1. The van der Waals surface area contributed by atoms with Crippen LogP contribution in [0.25, 0.3) is 6.08 Å². The predicted molar refractivity (Wildman–Crippen MR) is 81.7 cm³/mol. The topological polar surface area (TPSA) is 63.5 Å². The van der Waals surface area contributed by atoms with Gasteiger partial charge < -0.3 is 4.90 Å². The Bertz CT molecular complexity index is 541. The number of nitrogens with zero attached hydrogens (tertiary/aromatic N) is 2. The molecule has 0 saturated carbocycles. The summed E-state index contributed by atoms with van der Waals surface area (Å²) in [4.78, 5) is 24.2. The lowest BCUT2D eigenvalue weighted by Gasteiger charge is -2.34.